The third-order valence-electron chi connectivity index (χ3n) is 1.78. The molecule has 0 saturated carbocycles. The summed E-state index contributed by atoms with van der Waals surface area (Å²) < 4.78 is 21.3. The number of halogens is 1. The highest BCUT2D eigenvalue weighted by atomic mass is 19.1. The van der Waals surface area contributed by atoms with Gasteiger partial charge in [-0.25, -0.2) is 14.0 Å². The van der Waals surface area contributed by atoms with Gasteiger partial charge in [-0.3, -0.25) is 0 Å². The summed E-state index contributed by atoms with van der Waals surface area (Å²) in [6.07, 6.45) is -2.09. The maximum Gasteiger partial charge on any atom is 0.517 e. The minimum absolute atomic E-state index is 0.391. The summed E-state index contributed by atoms with van der Waals surface area (Å²) in [5, 5.41) is 0. The molecule has 1 aliphatic heterocycles. The number of hydrogen-bond acceptors (Lipinski definition) is 4. The number of rotatable bonds is 1. The summed E-state index contributed by atoms with van der Waals surface area (Å²) in [4.78, 5) is 21.6. The molecule has 0 aliphatic carbocycles. The molecule has 4 nitrogen and oxygen atoms in total. The van der Waals surface area contributed by atoms with E-state index in [4.69, 9.17) is 0 Å². The highest BCUT2D eigenvalue weighted by Crippen LogP contribution is 2.25. The number of cyclic esters (lactones) is 3. The van der Waals surface area contributed by atoms with E-state index in [-0.39, 0.29) is 0 Å². The second kappa shape index (κ2) is 3.10. The molecule has 1 saturated heterocycles. The first-order valence-electron chi connectivity index (χ1n) is 3.84. The third-order valence-corrected chi connectivity index (χ3v) is 1.78. The van der Waals surface area contributed by atoms with Crippen molar-refractivity contribution in [2.75, 3.05) is 0 Å². The number of benzene rings is 1. The van der Waals surface area contributed by atoms with Crippen molar-refractivity contribution in [3.63, 3.8) is 0 Å². The monoisotopic (exact) mass is 196 g/mol. The first kappa shape index (κ1) is 8.68. The molecule has 0 aromatic heterocycles. The molecular weight excluding hydrogens is 191 g/mol. The Morgan fingerprint density at radius 1 is 1.14 bits per heavy atom. The molecule has 0 N–H and O–H groups in total. The fourth-order valence-corrected chi connectivity index (χ4v) is 1.15. The molecule has 1 unspecified atom stereocenters. The second-order valence-electron chi connectivity index (χ2n) is 2.72. The van der Waals surface area contributed by atoms with Gasteiger partial charge in [0, 0.05) is 5.56 Å². The fourth-order valence-electron chi connectivity index (χ4n) is 1.15. The maximum absolute atomic E-state index is 12.5. The van der Waals surface area contributed by atoms with Crippen molar-refractivity contribution >= 4 is 12.1 Å². The van der Waals surface area contributed by atoms with Gasteiger partial charge in [-0.05, 0) is 12.1 Å². The zero-order valence-electron chi connectivity index (χ0n) is 6.90. The van der Waals surface area contributed by atoms with Crippen LogP contribution >= 0.6 is 0 Å². The van der Waals surface area contributed by atoms with E-state index in [1.165, 1.54) is 24.3 Å². The van der Waals surface area contributed by atoms with E-state index < -0.39 is 24.0 Å². The van der Waals surface area contributed by atoms with Gasteiger partial charge in [0.05, 0.1) is 0 Å². The van der Waals surface area contributed by atoms with Gasteiger partial charge in [-0.2, -0.15) is 0 Å². The van der Waals surface area contributed by atoms with Crippen molar-refractivity contribution in [2.45, 2.75) is 6.10 Å². The van der Waals surface area contributed by atoms with E-state index in [2.05, 4.69) is 9.47 Å². The Labute approximate surface area is 78.2 Å². The highest BCUT2D eigenvalue weighted by Gasteiger charge is 2.36. The SMILES string of the molecule is O=C1OC(=O)C(c2ccc(F)cc2)O1. The predicted octanol–water partition coefficient (Wildman–Crippen LogP) is 1.56. The van der Waals surface area contributed by atoms with Crippen LogP contribution < -0.4 is 0 Å². The molecule has 1 heterocycles. The first-order valence-corrected chi connectivity index (χ1v) is 3.84. The van der Waals surface area contributed by atoms with Gasteiger partial charge in [0.1, 0.15) is 5.82 Å². The molecule has 14 heavy (non-hydrogen) atoms. The van der Waals surface area contributed by atoms with Crippen molar-refractivity contribution in [3.8, 4) is 0 Å². The molecule has 0 radical (unpaired) electrons. The van der Waals surface area contributed by atoms with Crippen LogP contribution in [-0.4, -0.2) is 12.1 Å². The van der Waals surface area contributed by atoms with Crippen LogP contribution in [-0.2, 0) is 14.3 Å². The molecule has 0 bridgehead atoms. The van der Waals surface area contributed by atoms with E-state index in [9.17, 15) is 14.0 Å². The standard InChI is InChI=1S/C9H5FO4/c10-6-3-1-5(2-4-6)7-8(11)14-9(12)13-7/h1-4,7H. The fraction of sp³-hybridized carbons (Fsp3) is 0.111. The Balaban J connectivity index is 2.27. The Morgan fingerprint density at radius 2 is 1.79 bits per heavy atom. The lowest BCUT2D eigenvalue weighted by Crippen LogP contribution is -2.06. The number of esters is 1. The topological polar surface area (TPSA) is 52.6 Å². The van der Waals surface area contributed by atoms with E-state index >= 15 is 0 Å². The summed E-state index contributed by atoms with van der Waals surface area (Å²) in [6, 6.07) is 5.07. The van der Waals surface area contributed by atoms with Gasteiger partial charge in [0.25, 0.3) is 0 Å². The Hall–Kier alpha value is -1.91. The Kier molecular flexibility index (Phi) is 1.92. The van der Waals surface area contributed by atoms with Gasteiger partial charge in [-0.1, -0.05) is 12.1 Å². The van der Waals surface area contributed by atoms with Gasteiger partial charge >= 0.3 is 12.1 Å². The highest BCUT2D eigenvalue weighted by molar-refractivity contribution is 5.91. The van der Waals surface area contributed by atoms with Crippen LogP contribution in [0.15, 0.2) is 24.3 Å². The van der Waals surface area contributed by atoms with Crippen molar-refractivity contribution in [2.24, 2.45) is 0 Å². The largest absolute Gasteiger partial charge is 0.517 e. The summed E-state index contributed by atoms with van der Waals surface area (Å²) in [6.45, 7) is 0. The van der Waals surface area contributed by atoms with E-state index in [0.717, 1.165) is 0 Å². The second-order valence-corrected chi connectivity index (χ2v) is 2.72. The zero-order valence-corrected chi connectivity index (χ0v) is 6.90. The van der Waals surface area contributed by atoms with Gasteiger partial charge in [-0.15, -0.1) is 0 Å². The summed E-state index contributed by atoms with van der Waals surface area (Å²) in [7, 11) is 0. The number of hydrogen-bond donors (Lipinski definition) is 0. The summed E-state index contributed by atoms with van der Waals surface area (Å²) >= 11 is 0. The van der Waals surface area contributed by atoms with Crippen LogP contribution in [0.5, 0.6) is 0 Å². The third kappa shape index (κ3) is 1.44. The number of carbonyl (C=O) groups excluding carboxylic acids is 2. The average molecular weight is 196 g/mol. The van der Waals surface area contributed by atoms with Crippen LogP contribution in [0.2, 0.25) is 0 Å². The average Bonchev–Trinajstić information content (AvgIpc) is 2.47. The van der Waals surface area contributed by atoms with Crippen LogP contribution in [0.25, 0.3) is 0 Å². The summed E-state index contributed by atoms with van der Waals surface area (Å²) in [5.74, 6) is -1.20. The first-order chi connectivity index (χ1) is 6.66. The van der Waals surface area contributed by atoms with Crippen LogP contribution in [0, 0.1) is 5.82 Å². The molecule has 5 heteroatoms. The van der Waals surface area contributed by atoms with Gasteiger partial charge in [0.15, 0.2) is 0 Å². The predicted molar refractivity (Wildman–Crippen MR) is 41.7 cm³/mol. The quantitative estimate of drug-likeness (QED) is 0.505. The van der Waals surface area contributed by atoms with E-state index in [0.29, 0.717) is 5.56 Å². The molecule has 1 atom stereocenters. The number of ether oxygens (including phenoxy) is 2. The van der Waals surface area contributed by atoms with E-state index in [1.54, 1.807) is 0 Å². The smallest absolute Gasteiger partial charge is 0.414 e. The molecule has 0 amide bonds. The lowest BCUT2D eigenvalue weighted by atomic mass is 10.1. The Bertz CT molecular complexity index is 384. The van der Waals surface area contributed by atoms with Crippen molar-refractivity contribution in [3.05, 3.63) is 35.6 Å². The van der Waals surface area contributed by atoms with Crippen molar-refractivity contribution in [1.82, 2.24) is 0 Å². The molecule has 1 aliphatic rings. The molecule has 1 aromatic rings. The lowest BCUT2D eigenvalue weighted by molar-refractivity contribution is -0.136. The molecule has 1 aromatic carbocycles. The van der Waals surface area contributed by atoms with Crippen LogP contribution in [0.4, 0.5) is 9.18 Å². The van der Waals surface area contributed by atoms with E-state index in [1.807, 2.05) is 0 Å². The van der Waals surface area contributed by atoms with Crippen molar-refractivity contribution < 1.29 is 23.5 Å². The van der Waals surface area contributed by atoms with Gasteiger partial charge in [0.2, 0.25) is 6.10 Å². The Morgan fingerprint density at radius 3 is 2.29 bits per heavy atom. The minimum atomic E-state index is -1.07. The maximum atomic E-state index is 12.5. The normalized spacial score (nSPS) is 20.5. The lowest BCUT2D eigenvalue weighted by Gasteiger charge is -2.03. The van der Waals surface area contributed by atoms with Crippen LogP contribution in [0.3, 0.4) is 0 Å². The zero-order chi connectivity index (χ0) is 10.1. The summed E-state index contributed by atoms with van der Waals surface area (Å²) in [5.41, 5.74) is 0.391. The number of carbonyl (C=O) groups is 2. The van der Waals surface area contributed by atoms with Crippen molar-refractivity contribution in [1.29, 1.82) is 0 Å². The molecule has 72 valence electrons. The molecule has 0 spiro atoms. The van der Waals surface area contributed by atoms with Crippen LogP contribution in [0.1, 0.15) is 11.7 Å². The minimum Gasteiger partial charge on any atom is -0.414 e. The molecule has 2 rings (SSSR count). The molecular formula is C9H5FO4. The molecule has 1 fully saturated rings. The van der Waals surface area contributed by atoms with Gasteiger partial charge < -0.3 is 9.47 Å².